The van der Waals surface area contributed by atoms with Crippen LogP contribution in [0.1, 0.15) is 11.1 Å². The fourth-order valence-corrected chi connectivity index (χ4v) is 2.64. The van der Waals surface area contributed by atoms with Crippen LogP contribution in [0.15, 0.2) is 48.8 Å². The normalized spacial score (nSPS) is 12.3. The lowest BCUT2D eigenvalue weighted by molar-refractivity contribution is -0.138. The third kappa shape index (κ3) is 3.73. The number of aromatic nitrogens is 6. The minimum Gasteiger partial charge on any atom is -0.323 e. The molecule has 3 aromatic heterocycles. The van der Waals surface area contributed by atoms with Crippen molar-refractivity contribution in [2.24, 2.45) is 0 Å². The molecule has 0 spiro atoms. The Kier molecular flexibility index (Phi) is 4.51. The van der Waals surface area contributed by atoms with E-state index in [4.69, 9.17) is 0 Å². The molecule has 0 saturated carbocycles. The zero-order valence-electron chi connectivity index (χ0n) is 14.6. The maximum atomic E-state index is 13.2. The van der Waals surface area contributed by atoms with Crippen molar-refractivity contribution in [2.45, 2.75) is 12.4 Å². The molecule has 0 atom stereocenters. The Morgan fingerprint density at radius 1 is 0.833 bits per heavy atom. The molecular formula is C17H9F6N7. The molecule has 13 heteroatoms. The molecule has 4 rings (SSSR count). The Morgan fingerprint density at radius 2 is 1.57 bits per heavy atom. The summed E-state index contributed by atoms with van der Waals surface area (Å²) in [6.07, 6.45) is -7.04. The van der Waals surface area contributed by atoms with Gasteiger partial charge in [0.05, 0.1) is 23.5 Å². The van der Waals surface area contributed by atoms with Crippen molar-refractivity contribution >= 4 is 17.3 Å². The van der Waals surface area contributed by atoms with Crippen molar-refractivity contribution in [3.8, 4) is 11.3 Å². The van der Waals surface area contributed by atoms with Gasteiger partial charge < -0.3 is 5.32 Å². The molecule has 1 N–H and O–H groups in total. The predicted molar refractivity (Wildman–Crippen MR) is 91.5 cm³/mol. The fraction of sp³-hybridized carbons (Fsp3) is 0.118. The summed E-state index contributed by atoms with van der Waals surface area (Å²) in [5.74, 6) is 0.0616. The Hall–Kier alpha value is -3.77. The first-order valence-electron chi connectivity index (χ1n) is 8.18. The van der Waals surface area contributed by atoms with Crippen molar-refractivity contribution < 1.29 is 26.3 Å². The van der Waals surface area contributed by atoms with Crippen LogP contribution in [-0.4, -0.2) is 30.0 Å². The van der Waals surface area contributed by atoms with Gasteiger partial charge in [0.15, 0.2) is 5.65 Å². The fourth-order valence-electron chi connectivity index (χ4n) is 2.64. The maximum absolute atomic E-state index is 13.2. The van der Waals surface area contributed by atoms with Gasteiger partial charge in [-0.2, -0.15) is 41.1 Å². The van der Waals surface area contributed by atoms with Crippen LogP contribution in [0.4, 0.5) is 38.0 Å². The SMILES string of the molecule is FC(F)(F)c1ccc(Nc2nnc3cc(-c4nnccc4C(F)(F)F)cnn23)cc1. The average Bonchev–Trinajstić information content (AvgIpc) is 3.09. The quantitative estimate of drug-likeness (QED) is 0.492. The van der Waals surface area contributed by atoms with E-state index in [1.165, 1.54) is 22.7 Å². The van der Waals surface area contributed by atoms with Gasteiger partial charge in [0, 0.05) is 11.3 Å². The van der Waals surface area contributed by atoms with Crippen LogP contribution in [0.25, 0.3) is 16.9 Å². The van der Waals surface area contributed by atoms with Gasteiger partial charge in [-0.25, -0.2) is 0 Å². The largest absolute Gasteiger partial charge is 0.418 e. The number of hydrogen-bond acceptors (Lipinski definition) is 6. The third-order valence-corrected chi connectivity index (χ3v) is 4.03. The summed E-state index contributed by atoms with van der Waals surface area (Å²) in [4.78, 5) is 0. The van der Waals surface area contributed by atoms with Gasteiger partial charge in [-0.1, -0.05) is 0 Å². The van der Waals surface area contributed by atoms with Crippen LogP contribution < -0.4 is 5.32 Å². The summed E-state index contributed by atoms with van der Waals surface area (Å²) in [6, 6.07) is 6.28. The van der Waals surface area contributed by atoms with Crippen molar-refractivity contribution in [3.05, 3.63) is 59.9 Å². The molecule has 0 unspecified atom stereocenters. The molecule has 30 heavy (non-hydrogen) atoms. The predicted octanol–water partition coefficient (Wildman–Crippen LogP) is 4.36. The Morgan fingerprint density at radius 3 is 2.23 bits per heavy atom. The van der Waals surface area contributed by atoms with E-state index in [2.05, 4.69) is 30.8 Å². The van der Waals surface area contributed by atoms with E-state index in [0.29, 0.717) is 0 Å². The van der Waals surface area contributed by atoms with E-state index in [1.54, 1.807) is 0 Å². The van der Waals surface area contributed by atoms with E-state index in [9.17, 15) is 26.3 Å². The first-order valence-corrected chi connectivity index (χ1v) is 8.18. The van der Waals surface area contributed by atoms with E-state index < -0.39 is 29.2 Å². The Labute approximate surface area is 163 Å². The molecule has 0 aliphatic heterocycles. The monoisotopic (exact) mass is 425 g/mol. The van der Waals surface area contributed by atoms with Gasteiger partial charge >= 0.3 is 12.4 Å². The standard InChI is InChI=1S/C17H9F6N7/c18-16(19,20)10-1-3-11(4-2-10)26-15-29-27-13-7-9(8-25-30(13)15)14-12(17(21,22)23)5-6-24-28-14/h1-8H,(H,26,29). The molecule has 0 bridgehead atoms. The lowest BCUT2D eigenvalue weighted by Gasteiger charge is -2.10. The second-order valence-corrected chi connectivity index (χ2v) is 6.03. The number of nitrogens with one attached hydrogen (secondary N) is 1. The summed E-state index contributed by atoms with van der Waals surface area (Å²) < 4.78 is 78.7. The van der Waals surface area contributed by atoms with E-state index in [1.807, 2.05) is 0 Å². The Bertz CT molecular complexity index is 1200. The second-order valence-electron chi connectivity index (χ2n) is 6.03. The lowest BCUT2D eigenvalue weighted by atomic mass is 10.1. The van der Waals surface area contributed by atoms with E-state index >= 15 is 0 Å². The number of halogens is 6. The van der Waals surface area contributed by atoms with Gasteiger partial charge in [-0.05, 0) is 36.4 Å². The van der Waals surface area contributed by atoms with Crippen molar-refractivity contribution in [2.75, 3.05) is 5.32 Å². The molecule has 0 fully saturated rings. The molecule has 0 radical (unpaired) electrons. The third-order valence-electron chi connectivity index (χ3n) is 4.03. The molecule has 3 heterocycles. The smallest absolute Gasteiger partial charge is 0.323 e. The van der Waals surface area contributed by atoms with Crippen LogP contribution in [0.2, 0.25) is 0 Å². The summed E-state index contributed by atoms with van der Waals surface area (Å²) in [6.45, 7) is 0. The van der Waals surface area contributed by atoms with Crippen molar-refractivity contribution in [3.63, 3.8) is 0 Å². The summed E-state index contributed by atoms with van der Waals surface area (Å²) in [5.41, 5.74) is -1.80. The summed E-state index contributed by atoms with van der Waals surface area (Å²) in [7, 11) is 0. The van der Waals surface area contributed by atoms with Gasteiger partial charge in [0.2, 0.25) is 5.95 Å². The van der Waals surface area contributed by atoms with Crippen molar-refractivity contribution in [1.29, 1.82) is 0 Å². The minimum atomic E-state index is -4.64. The minimum absolute atomic E-state index is 0.0244. The highest BCUT2D eigenvalue weighted by molar-refractivity contribution is 5.67. The number of fused-ring (bicyclic) bond motifs is 1. The molecule has 154 valence electrons. The van der Waals surface area contributed by atoms with Crippen LogP contribution in [0.3, 0.4) is 0 Å². The molecule has 0 aliphatic rings. The van der Waals surface area contributed by atoms with E-state index in [-0.39, 0.29) is 22.8 Å². The molecule has 1 aromatic carbocycles. The van der Waals surface area contributed by atoms with Gasteiger partial charge in [0.25, 0.3) is 0 Å². The number of anilines is 2. The summed E-state index contributed by atoms with van der Waals surface area (Å²) in [5, 5.41) is 21.5. The van der Waals surface area contributed by atoms with Crippen LogP contribution in [-0.2, 0) is 12.4 Å². The maximum Gasteiger partial charge on any atom is 0.418 e. The number of benzene rings is 1. The average molecular weight is 425 g/mol. The Balaban J connectivity index is 1.66. The van der Waals surface area contributed by atoms with Crippen molar-refractivity contribution in [1.82, 2.24) is 30.0 Å². The lowest BCUT2D eigenvalue weighted by Crippen LogP contribution is -2.09. The first kappa shape index (κ1) is 19.5. The molecule has 0 saturated heterocycles. The molecule has 7 nitrogen and oxygen atoms in total. The van der Waals surface area contributed by atoms with Gasteiger partial charge in [0.1, 0.15) is 5.69 Å². The zero-order valence-corrected chi connectivity index (χ0v) is 14.6. The number of hydrogen-bond donors (Lipinski definition) is 1. The summed E-state index contributed by atoms with van der Waals surface area (Å²) >= 11 is 0. The highest BCUT2D eigenvalue weighted by atomic mass is 19.4. The highest BCUT2D eigenvalue weighted by Crippen LogP contribution is 2.35. The van der Waals surface area contributed by atoms with E-state index in [0.717, 1.165) is 30.6 Å². The second kappa shape index (κ2) is 6.93. The number of rotatable bonds is 3. The zero-order chi connectivity index (χ0) is 21.5. The molecule has 0 amide bonds. The number of nitrogens with zero attached hydrogens (tertiary/aromatic N) is 6. The highest BCUT2D eigenvalue weighted by Gasteiger charge is 2.35. The van der Waals surface area contributed by atoms with Gasteiger partial charge in [-0.3, -0.25) is 0 Å². The van der Waals surface area contributed by atoms with Gasteiger partial charge in [-0.15, -0.1) is 15.3 Å². The molecule has 0 aliphatic carbocycles. The number of alkyl halides is 6. The van der Waals surface area contributed by atoms with Crippen LogP contribution in [0.5, 0.6) is 0 Å². The van der Waals surface area contributed by atoms with Crippen LogP contribution >= 0.6 is 0 Å². The molecular weight excluding hydrogens is 416 g/mol. The van der Waals surface area contributed by atoms with Crippen LogP contribution in [0, 0.1) is 0 Å². The topological polar surface area (TPSA) is 80.9 Å². The first-order chi connectivity index (χ1) is 14.1. The molecule has 4 aromatic rings.